The van der Waals surface area contributed by atoms with Crippen molar-refractivity contribution < 1.29 is 19.4 Å². The van der Waals surface area contributed by atoms with E-state index in [9.17, 15) is 9.59 Å². The zero-order chi connectivity index (χ0) is 15.5. The second-order valence-corrected chi connectivity index (χ2v) is 5.55. The van der Waals surface area contributed by atoms with E-state index in [2.05, 4.69) is 5.32 Å². The Morgan fingerprint density at radius 3 is 2.40 bits per heavy atom. The number of carboxylic acid groups (broad SMARTS) is 1. The van der Waals surface area contributed by atoms with Crippen LogP contribution in [0.25, 0.3) is 0 Å². The van der Waals surface area contributed by atoms with E-state index in [-0.39, 0.29) is 11.3 Å². The molecule has 4 N–H and O–H groups in total. The summed E-state index contributed by atoms with van der Waals surface area (Å²) < 4.78 is 5.02. The summed E-state index contributed by atoms with van der Waals surface area (Å²) in [5.41, 5.74) is 5.58. The number of rotatable bonds is 4. The van der Waals surface area contributed by atoms with Crippen molar-refractivity contribution in [2.45, 2.75) is 26.8 Å². The number of carboxylic acids is 1. The SMILES string of the molecule is COc1ccc(C(=O)O)c(NC(=O)[C@@H](N)C(C)(C)C)c1. The van der Waals surface area contributed by atoms with Crippen molar-refractivity contribution in [1.82, 2.24) is 0 Å². The summed E-state index contributed by atoms with van der Waals surface area (Å²) in [6, 6.07) is 3.59. The number of hydrogen-bond donors (Lipinski definition) is 3. The third-order valence-corrected chi connectivity index (χ3v) is 2.93. The van der Waals surface area contributed by atoms with Gasteiger partial charge in [0.2, 0.25) is 5.91 Å². The molecular weight excluding hydrogens is 260 g/mol. The molecule has 0 aliphatic heterocycles. The van der Waals surface area contributed by atoms with Crippen molar-refractivity contribution in [3.8, 4) is 5.75 Å². The molecule has 0 heterocycles. The van der Waals surface area contributed by atoms with Crippen molar-refractivity contribution in [3.05, 3.63) is 23.8 Å². The lowest BCUT2D eigenvalue weighted by atomic mass is 9.87. The number of hydrogen-bond acceptors (Lipinski definition) is 4. The van der Waals surface area contributed by atoms with E-state index in [0.29, 0.717) is 5.75 Å². The first-order valence-corrected chi connectivity index (χ1v) is 6.14. The molecular formula is C14H20N2O4. The number of carbonyl (C=O) groups is 2. The lowest BCUT2D eigenvalue weighted by molar-refractivity contribution is -0.119. The molecule has 1 aromatic rings. The lowest BCUT2D eigenvalue weighted by Gasteiger charge is -2.26. The Hall–Kier alpha value is -2.08. The average molecular weight is 280 g/mol. The second kappa shape index (κ2) is 5.92. The van der Waals surface area contributed by atoms with Crippen molar-refractivity contribution in [3.63, 3.8) is 0 Å². The first kappa shape index (κ1) is 16.0. The van der Waals surface area contributed by atoms with Gasteiger partial charge in [0.05, 0.1) is 24.4 Å². The molecule has 6 nitrogen and oxygen atoms in total. The lowest BCUT2D eigenvalue weighted by Crippen LogP contribution is -2.45. The number of nitrogens with one attached hydrogen (secondary N) is 1. The van der Waals surface area contributed by atoms with Crippen LogP contribution in [-0.2, 0) is 4.79 Å². The monoisotopic (exact) mass is 280 g/mol. The number of benzene rings is 1. The van der Waals surface area contributed by atoms with Gasteiger partial charge in [-0.05, 0) is 17.5 Å². The van der Waals surface area contributed by atoms with Gasteiger partial charge in [-0.2, -0.15) is 0 Å². The molecule has 1 aromatic carbocycles. The van der Waals surface area contributed by atoms with Crippen molar-refractivity contribution in [2.24, 2.45) is 11.1 Å². The van der Waals surface area contributed by atoms with E-state index in [0.717, 1.165) is 0 Å². The maximum Gasteiger partial charge on any atom is 0.337 e. The van der Waals surface area contributed by atoms with E-state index < -0.39 is 23.3 Å². The highest BCUT2D eigenvalue weighted by molar-refractivity contribution is 6.02. The van der Waals surface area contributed by atoms with E-state index in [1.807, 2.05) is 20.8 Å². The molecule has 0 aromatic heterocycles. The maximum absolute atomic E-state index is 12.1. The molecule has 0 radical (unpaired) electrons. The summed E-state index contributed by atoms with van der Waals surface area (Å²) >= 11 is 0. The third-order valence-electron chi connectivity index (χ3n) is 2.93. The Morgan fingerprint density at radius 1 is 1.35 bits per heavy atom. The van der Waals surface area contributed by atoms with E-state index in [1.54, 1.807) is 0 Å². The highest BCUT2D eigenvalue weighted by Crippen LogP contribution is 2.24. The number of ether oxygens (including phenoxy) is 1. The molecule has 1 amide bonds. The Balaban J connectivity index is 3.07. The molecule has 0 saturated heterocycles. The summed E-state index contributed by atoms with van der Waals surface area (Å²) in [5, 5.41) is 11.7. The molecule has 0 saturated carbocycles. The van der Waals surface area contributed by atoms with E-state index in [4.69, 9.17) is 15.6 Å². The zero-order valence-electron chi connectivity index (χ0n) is 12.1. The van der Waals surface area contributed by atoms with Crippen LogP contribution in [-0.4, -0.2) is 30.1 Å². The predicted molar refractivity (Wildman–Crippen MR) is 76.0 cm³/mol. The largest absolute Gasteiger partial charge is 0.497 e. The Morgan fingerprint density at radius 2 is 1.95 bits per heavy atom. The average Bonchev–Trinajstić information content (AvgIpc) is 2.36. The first-order chi connectivity index (χ1) is 9.16. The predicted octanol–water partition coefficient (Wildman–Crippen LogP) is 1.71. The Bertz CT molecular complexity index is 520. The third kappa shape index (κ3) is 3.71. The molecule has 6 heteroatoms. The smallest absolute Gasteiger partial charge is 0.337 e. The molecule has 20 heavy (non-hydrogen) atoms. The normalized spacial score (nSPS) is 12.7. The van der Waals surface area contributed by atoms with Crippen LogP contribution in [0.3, 0.4) is 0 Å². The summed E-state index contributed by atoms with van der Waals surface area (Å²) in [4.78, 5) is 23.2. The number of amides is 1. The number of methoxy groups -OCH3 is 1. The topological polar surface area (TPSA) is 102 Å². The van der Waals surface area contributed by atoms with Crippen LogP contribution in [0.5, 0.6) is 5.75 Å². The summed E-state index contributed by atoms with van der Waals surface area (Å²) in [7, 11) is 1.46. The van der Waals surface area contributed by atoms with Gasteiger partial charge >= 0.3 is 5.97 Å². The van der Waals surface area contributed by atoms with Gasteiger partial charge in [0.15, 0.2) is 0 Å². The van der Waals surface area contributed by atoms with Crippen LogP contribution in [0.15, 0.2) is 18.2 Å². The molecule has 0 aliphatic rings. The van der Waals surface area contributed by atoms with Gasteiger partial charge in [-0.3, -0.25) is 4.79 Å². The van der Waals surface area contributed by atoms with Crippen LogP contribution < -0.4 is 15.8 Å². The van der Waals surface area contributed by atoms with Gasteiger partial charge in [0, 0.05) is 6.07 Å². The molecule has 0 unspecified atom stereocenters. The van der Waals surface area contributed by atoms with Gasteiger partial charge in [-0.15, -0.1) is 0 Å². The second-order valence-electron chi connectivity index (χ2n) is 5.55. The van der Waals surface area contributed by atoms with Gasteiger partial charge < -0.3 is 20.9 Å². The number of anilines is 1. The number of aromatic carboxylic acids is 1. The Kier molecular flexibility index (Phi) is 4.73. The van der Waals surface area contributed by atoms with E-state index >= 15 is 0 Å². The van der Waals surface area contributed by atoms with Gasteiger partial charge in [0.25, 0.3) is 0 Å². The molecule has 110 valence electrons. The molecule has 0 aliphatic carbocycles. The summed E-state index contributed by atoms with van der Waals surface area (Å²) in [5.74, 6) is -1.12. The zero-order valence-corrected chi connectivity index (χ0v) is 12.1. The summed E-state index contributed by atoms with van der Waals surface area (Å²) in [6.07, 6.45) is 0. The first-order valence-electron chi connectivity index (χ1n) is 6.14. The van der Waals surface area contributed by atoms with Crippen molar-refractivity contribution in [1.29, 1.82) is 0 Å². The van der Waals surface area contributed by atoms with Crippen molar-refractivity contribution >= 4 is 17.6 Å². The standard InChI is InChI=1S/C14H20N2O4/c1-14(2,3)11(15)12(17)16-10-7-8(20-4)5-6-9(10)13(18)19/h5-7,11H,15H2,1-4H3,(H,16,17)(H,18,19)/t11-/m1/s1. The van der Waals surface area contributed by atoms with Crippen LogP contribution in [0.1, 0.15) is 31.1 Å². The molecule has 0 spiro atoms. The van der Waals surface area contributed by atoms with Gasteiger partial charge in [-0.1, -0.05) is 20.8 Å². The minimum atomic E-state index is -1.13. The fraction of sp³-hybridized carbons (Fsp3) is 0.429. The fourth-order valence-electron chi connectivity index (χ4n) is 1.54. The minimum absolute atomic E-state index is 0.0136. The number of carbonyl (C=O) groups excluding carboxylic acids is 1. The summed E-state index contributed by atoms with van der Waals surface area (Å²) in [6.45, 7) is 5.50. The molecule has 1 rings (SSSR count). The van der Waals surface area contributed by atoms with Crippen molar-refractivity contribution in [2.75, 3.05) is 12.4 Å². The number of nitrogens with two attached hydrogens (primary N) is 1. The Labute approximate surface area is 117 Å². The highest BCUT2D eigenvalue weighted by atomic mass is 16.5. The molecule has 0 bridgehead atoms. The fourth-order valence-corrected chi connectivity index (χ4v) is 1.54. The highest BCUT2D eigenvalue weighted by Gasteiger charge is 2.28. The van der Waals surface area contributed by atoms with Crippen LogP contribution in [0.4, 0.5) is 5.69 Å². The quantitative estimate of drug-likeness (QED) is 0.779. The van der Waals surface area contributed by atoms with Crippen LogP contribution in [0, 0.1) is 5.41 Å². The van der Waals surface area contributed by atoms with Crippen LogP contribution in [0.2, 0.25) is 0 Å². The van der Waals surface area contributed by atoms with E-state index in [1.165, 1.54) is 25.3 Å². The maximum atomic E-state index is 12.1. The van der Waals surface area contributed by atoms with Gasteiger partial charge in [0.1, 0.15) is 5.75 Å². The minimum Gasteiger partial charge on any atom is -0.497 e. The van der Waals surface area contributed by atoms with Crippen LogP contribution >= 0.6 is 0 Å². The molecule has 1 atom stereocenters. The van der Waals surface area contributed by atoms with Gasteiger partial charge in [-0.25, -0.2) is 4.79 Å². The molecule has 0 fully saturated rings.